The van der Waals surface area contributed by atoms with Crippen molar-refractivity contribution >= 4 is 23.3 Å². The second kappa shape index (κ2) is 8.53. The number of ether oxygens (including phenoxy) is 1. The minimum absolute atomic E-state index is 0.00799. The topological polar surface area (TPSA) is 70.7 Å². The van der Waals surface area contributed by atoms with Crippen molar-refractivity contribution in [1.29, 1.82) is 0 Å². The number of benzene rings is 2. The number of hydrogen-bond donors (Lipinski definition) is 2. The second-order valence-corrected chi connectivity index (χ2v) is 6.34. The van der Waals surface area contributed by atoms with Gasteiger partial charge in [0.2, 0.25) is 5.91 Å². The number of amides is 3. The van der Waals surface area contributed by atoms with Gasteiger partial charge in [0, 0.05) is 36.8 Å². The first kappa shape index (κ1) is 18.7. The third kappa shape index (κ3) is 4.97. The molecule has 1 saturated heterocycles. The van der Waals surface area contributed by atoms with E-state index in [1.807, 2.05) is 6.92 Å². The SMILES string of the molecule is CCOc1ccc(NC(=O)NC[C@H]2CC(=O)N(c3ccc(F)cc3)C2)cc1. The zero-order valence-electron chi connectivity index (χ0n) is 15.1. The Morgan fingerprint density at radius 2 is 1.89 bits per heavy atom. The second-order valence-electron chi connectivity index (χ2n) is 6.34. The van der Waals surface area contributed by atoms with Gasteiger partial charge in [-0.1, -0.05) is 0 Å². The van der Waals surface area contributed by atoms with Crippen LogP contribution in [0.5, 0.6) is 5.75 Å². The lowest BCUT2D eigenvalue weighted by Gasteiger charge is -2.17. The van der Waals surface area contributed by atoms with Crippen LogP contribution in [0.2, 0.25) is 0 Å². The van der Waals surface area contributed by atoms with Crippen molar-refractivity contribution < 1.29 is 18.7 Å². The lowest BCUT2D eigenvalue weighted by molar-refractivity contribution is -0.117. The molecule has 0 bridgehead atoms. The van der Waals surface area contributed by atoms with Gasteiger partial charge in [-0.15, -0.1) is 0 Å². The highest BCUT2D eigenvalue weighted by Crippen LogP contribution is 2.25. The van der Waals surface area contributed by atoms with Crippen molar-refractivity contribution in [3.8, 4) is 5.75 Å². The Bertz CT molecular complexity index is 793. The minimum atomic E-state index is -0.338. The van der Waals surface area contributed by atoms with E-state index in [2.05, 4.69) is 10.6 Å². The first-order valence-electron chi connectivity index (χ1n) is 8.89. The Hall–Kier alpha value is -3.09. The fourth-order valence-electron chi connectivity index (χ4n) is 3.00. The normalized spacial score (nSPS) is 16.3. The molecule has 1 aliphatic rings. The fraction of sp³-hybridized carbons (Fsp3) is 0.300. The third-order valence-electron chi connectivity index (χ3n) is 4.32. The van der Waals surface area contributed by atoms with Crippen molar-refractivity contribution in [2.24, 2.45) is 5.92 Å². The maximum absolute atomic E-state index is 13.0. The van der Waals surface area contributed by atoms with Crippen molar-refractivity contribution in [2.75, 3.05) is 29.9 Å². The molecule has 0 aliphatic carbocycles. The predicted molar refractivity (Wildman–Crippen MR) is 101 cm³/mol. The fourth-order valence-corrected chi connectivity index (χ4v) is 3.00. The molecule has 1 fully saturated rings. The minimum Gasteiger partial charge on any atom is -0.494 e. The van der Waals surface area contributed by atoms with Crippen LogP contribution in [0, 0.1) is 11.7 Å². The maximum Gasteiger partial charge on any atom is 0.319 e. The molecule has 0 radical (unpaired) electrons. The predicted octanol–water partition coefficient (Wildman–Crippen LogP) is 3.40. The molecule has 1 atom stereocenters. The molecule has 0 spiro atoms. The number of halogens is 1. The zero-order chi connectivity index (χ0) is 19.2. The van der Waals surface area contributed by atoms with Crippen LogP contribution in [0.25, 0.3) is 0 Å². The van der Waals surface area contributed by atoms with Gasteiger partial charge in [-0.25, -0.2) is 9.18 Å². The van der Waals surface area contributed by atoms with E-state index in [1.165, 1.54) is 12.1 Å². The summed E-state index contributed by atoms with van der Waals surface area (Å²) in [6.45, 7) is 3.37. The maximum atomic E-state index is 13.0. The molecule has 0 saturated carbocycles. The molecular weight excluding hydrogens is 349 g/mol. The summed E-state index contributed by atoms with van der Waals surface area (Å²) in [6.07, 6.45) is 0.348. The van der Waals surface area contributed by atoms with Gasteiger partial charge in [0.1, 0.15) is 11.6 Å². The monoisotopic (exact) mass is 371 g/mol. The molecule has 1 heterocycles. The Morgan fingerprint density at radius 1 is 1.19 bits per heavy atom. The Balaban J connectivity index is 1.47. The summed E-state index contributed by atoms with van der Waals surface area (Å²) in [4.78, 5) is 25.9. The third-order valence-corrected chi connectivity index (χ3v) is 4.32. The Morgan fingerprint density at radius 3 is 2.56 bits per heavy atom. The Kier molecular flexibility index (Phi) is 5.90. The molecule has 3 rings (SSSR count). The van der Waals surface area contributed by atoms with Crippen LogP contribution in [-0.2, 0) is 4.79 Å². The van der Waals surface area contributed by atoms with Crippen LogP contribution in [-0.4, -0.2) is 31.6 Å². The van der Waals surface area contributed by atoms with Crippen LogP contribution in [0.1, 0.15) is 13.3 Å². The largest absolute Gasteiger partial charge is 0.494 e. The molecule has 0 aromatic heterocycles. The van der Waals surface area contributed by atoms with Gasteiger partial charge in [-0.3, -0.25) is 4.79 Å². The van der Waals surface area contributed by atoms with Crippen molar-refractivity contribution in [2.45, 2.75) is 13.3 Å². The number of urea groups is 1. The highest BCUT2D eigenvalue weighted by molar-refractivity contribution is 5.96. The number of hydrogen-bond acceptors (Lipinski definition) is 3. The summed E-state index contributed by atoms with van der Waals surface area (Å²) in [7, 11) is 0. The lowest BCUT2D eigenvalue weighted by atomic mass is 10.1. The summed E-state index contributed by atoms with van der Waals surface area (Å²) in [5.74, 6) is 0.386. The summed E-state index contributed by atoms with van der Waals surface area (Å²) in [6, 6.07) is 12.6. The highest BCUT2D eigenvalue weighted by Gasteiger charge is 2.30. The number of anilines is 2. The average molecular weight is 371 g/mol. The molecule has 7 heteroatoms. The smallest absolute Gasteiger partial charge is 0.319 e. The molecule has 2 aromatic rings. The molecule has 0 unspecified atom stereocenters. The van der Waals surface area contributed by atoms with E-state index >= 15 is 0 Å². The number of carbonyl (C=O) groups is 2. The van der Waals surface area contributed by atoms with Crippen LogP contribution in [0.4, 0.5) is 20.6 Å². The molecule has 3 amide bonds. The Labute approximate surface area is 157 Å². The van der Waals surface area contributed by atoms with Crippen molar-refractivity contribution in [3.05, 3.63) is 54.3 Å². The molecule has 27 heavy (non-hydrogen) atoms. The van der Waals surface area contributed by atoms with Crippen LogP contribution in [0.3, 0.4) is 0 Å². The summed E-state index contributed by atoms with van der Waals surface area (Å²) in [5, 5.41) is 5.54. The summed E-state index contributed by atoms with van der Waals surface area (Å²) >= 11 is 0. The van der Waals surface area contributed by atoms with Crippen molar-refractivity contribution in [1.82, 2.24) is 5.32 Å². The first-order chi connectivity index (χ1) is 13.0. The number of nitrogens with one attached hydrogen (secondary N) is 2. The first-order valence-corrected chi connectivity index (χ1v) is 8.89. The van der Waals surface area contributed by atoms with Gasteiger partial charge in [-0.05, 0) is 55.5 Å². The van der Waals surface area contributed by atoms with Crippen LogP contribution >= 0.6 is 0 Å². The van der Waals surface area contributed by atoms with Crippen LogP contribution in [0.15, 0.2) is 48.5 Å². The van der Waals surface area contributed by atoms with Crippen molar-refractivity contribution in [3.63, 3.8) is 0 Å². The number of nitrogens with zero attached hydrogens (tertiary/aromatic N) is 1. The van der Waals surface area contributed by atoms with E-state index in [0.29, 0.717) is 37.5 Å². The molecule has 142 valence electrons. The molecular formula is C20H22FN3O3. The van der Waals surface area contributed by atoms with Gasteiger partial charge in [0.15, 0.2) is 0 Å². The molecule has 2 N–H and O–H groups in total. The standard InChI is InChI=1S/C20H22FN3O3/c1-2-27-18-9-5-16(6-10-18)23-20(26)22-12-14-11-19(25)24(13-14)17-7-3-15(21)4-8-17/h3-10,14H,2,11-13H2,1H3,(H2,22,23,26)/t14-/m1/s1. The number of carbonyl (C=O) groups excluding carboxylic acids is 2. The van der Waals surface area contributed by atoms with E-state index in [4.69, 9.17) is 4.74 Å². The van der Waals surface area contributed by atoms with Gasteiger partial charge < -0.3 is 20.3 Å². The van der Waals surface area contributed by atoms with Gasteiger partial charge in [0.25, 0.3) is 0 Å². The molecule has 6 nitrogen and oxygen atoms in total. The molecule has 2 aromatic carbocycles. The number of rotatable bonds is 6. The van der Waals surface area contributed by atoms with Crippen LogP contribution < -0.4 is 20.3 Å². The van der Waals surface area contributed by atoms with E-state index < -0.39 is 0 Å². The van der Waals surface area contributed by atoms with E-state index in [9.17, 15) is 14.0 Å². The summed E-state index contributed by atoms with van der Waals surface area (Å²) < 4.78 is 18.4. The van der Waals surface area contributed by atoms with Gasteiger partial charge >= 0.3 is 6.03 Å². The van der Waals surface area contributed by atoms with Gasteiger partial charge in [-0.2, -0.15) is 0 Å². The average Bonchev–Trinajstić information content (AvgIpc) is 3.03. The van der Waals surface area contributed by atoms with Gasteiger partial charge in [0.05, 0.1) is 6.61 Å². The zero-order valence-corrected chi connectivity index (χ0v) is 15.1. The summed E-state index contributed by atoms with van der Waals surface area (Å²) in [5.41, 5.74) is 1.33. The van der Waals surface area contributed by atoms with E-state index in [0.717, 1.165) is 5.75 Å². The van der Waals surface area contributed by atoms with E-state index in [-0.39, 0.29) is 23.7 Å². The quantitative estimate of drug-likeness (QED) is 0.818. The lowest BCUT2D eigenvalue weighted by Crippen LogP contribution is -2.34. The highest BCUT2D eigenvalue weighted by atomic mass is 19.1. The molecule has 1 aliphatic heterocycles. The van der Waals surface area contributed by atoms with E-state index in [1.54, 1.807) is 41.3 Å².